The Labute approximate surface area is 161 Å². The number of primary amides is 1. The van der Waals surface area contributed by atoms with Crippen molar-refractivity contribution in [3.8, 4) is 11.8 Å². The maximum Gasteiger partial charge on any atom is 0.266 e. The third-order valence-electron chi connectivity index (χ3n) is 3.98. The molecule has 6 nitrogen and oxygen atoms in total. The van der Waals surface area contributed by atoms with Gasteiger partial charge in [0.15, 0.2) is 6.61 Å². The zero-order valence-electron chi connectivity index (χ0n) is 14.9. The zero-order chi connectivity index (χ0) is 19.9. The van der Waals surface area contributed by atoms with Crippen LogP contribution in [-0.4, -0.2) is 18.4 Å². The van der Waals surface area contributed by atoms with Crippen LogP contribution in [-0.2, 0) is 9.59 Å². The topological polar surface area (TPSA) is 105 Å². The predicted octanol–water partition coefficient (Wildman–Crippen LogP) is 3.25. The highest BCUT2D eigenvalue weighted by molar-refractivity contribution is 6.12. The van der Waals surface area contributed by atoms with E-state index >= 15 is 0 Å². The van der Waals surface area contributed by atoms with E-state index in [2.05, 4.69) is 5.32 Å². The molecule has 28 heavy (non-hydrogen) atoms. The van der Waals surface area contributed by atoms with E-state index in [0.29, 0.717) is 17.0 Å². The van der Waals surface area contributed by atoms with Crippen molar-refractivity contribution in [3.05, 3.63) is 77.9 Å². The number of benzene rings is 3. The van der Waals surface area contributed by atoms with Crippen LogP contribution >= 0.6 is 0 Å². The van der Waals surface area contributed by atoms with Crippen LogP contribution in [0, 0.1) is 11.3 Å². The Morgan fingerprint density at radius 2 is 1.75 bits per heavy atom. The standard InChI is InChI=1S/C22H17N3O3/c23-13-17(12-15-8-10-18(11-9-15)28-14-21(24)26)22(27)25-20-7-3-5-16-4-1-2-6-19(16)20/h1-12H,14H2,(H2,24,26)(H,25,27)/b17-12+. The Morgan fingerprint density at radius 3 is 2.46 bits per heavy atom. The number of hydrogen-bond donors (Lipinski definition) is 2. The minimum atomic E-state index is -0.569. The number of fused-ring (bicyclic) bond motifs is 1. The molecule has 0 saturated heterocycles. The van der Waals surface area contributed by atoms with Gasteiger partial charge in [0, 0.05) is 11.1 Å². The SMILES string of the molecule is N#C/C(=C\c1ccc(OCC(N)=O)cc1)C(=O)Nc1cccc2ccccc12. The highest BCUT2D eigenvalue weighted by Crippen LogP contribution is 2.23. The van der Waals surface area contributed by atoms with Gasteiger partial charge >= 0.3 is 0 Å². The maximum atomic E-state index is 12.6. The van der Waals surface area contributed by atoms with Gasteiger partial charge in [-0.05, 0) is 35.2 Å². The van der Waals surface area contributed by atoms with Crippen molar-refractivity contribution in [3.63, 3.8) is 0 Å². The van der Waals surface area contributed by atoms with Crippen LogP contribution in [0.3, 0.4) is 0 Å². The van der Waals surface area contributed by atoms with Gasteiger partial charge in [0.25, 0.3) is 11.8 Å². The van der Waals surface area contributed by atoms with Crippen LogP contribution in [0.1, 0.15) is 5.56 Å². The van der Waals surface area contributed by atoms with E-state index in [1.54, 1.807) is 30.3 Å². The lowest BCUT2D eigenvalue weighted by molar-refractivity contribution is -0.120. The number of amides is 2. The fourth-order valence-electron chi connectivity index (χ4n) is 2.65. The molecule has 0 aliphatic carbocycles. The summed E-state index contributed by atoms with van der Waals surface area (Å²) in [6.45, 7) is -0.216. The molecule has 3 aromatic rings. The maximum absolute atomic E-state index is 12.6. The minimum Gasteiger partial charge on any atom is -0.484 e. The molecule has 2 amide bonds. The molecule has 3 aromatic carbocycles. The van der Waals surface area contributed by atoms with Crippen LogP contribution in [0.4, 0.5) is 5.69 Å². The van der Waals surface area contributed by atoms with E-state index in [-0.39, 0.29) is 12.2 Å². The molecule has 138 valence electrons. The number of hydrogen-bond acceptors (Lipinski definition) is 4. The van der Waals surface area contributed by atoms with E-state index in [1.165, 1.54) is 6.08 Å². The summed E-state index contributed by atoms with van der Waals surface area (Å²) in [6.07, 6.45) is 1.48. The third-order valence-corrected chi connectivity index (χ3v) is 3.98. The Balaban J connectivity index is 1.78. The van der Waals surface area contributed by atoms with Gasteiger partial charge in [0.2, 0.25) is 0 Å². The predicted molar refractivity (Wildman–Crippen MR) is 107 cm³/mol. The van der Waals surface area contributed by atoms with Gasteiger partial charge in [-0.2, -0.15) is 5.26 Å². The number of carbonyl (C=O) groups is 2. The highest BCUT2D eigenvalue weighted by Gasteiger charge is 2.11. The Morgan fingerprint density at radius 1 is 1.04 bits per heavy atom. The van der Waals surface area contributed by atoms with Crippen molar-refractivity contribution >= 4 is 34.4 Å². The molecule has 0 unspecified atom stereocenters. The van der Waals surface area contributed by atoms with E-state index in [9.17, 15) is 14.9 Å². The van der Waals surface area contributed by atoms with Crippen LogP contribution in [0.2, 0.25) is 0 Å². The lowest BCUT2D eigenvalue weighted by Gasteiger charge is -2.08. The Bertz CT molecular complexity index is 1090. The Hall–Kier alpha value is -4.11. The first-order valence-corrected chi connectivity index (χ1v) is 8.49. The summed E-state index contributed by atoms with van der Waals surface area (Å²) in [5.74, 6) is -0.594. The first kappa shape index (κ1) is 18.7. The molecular weight excluding hydrogens is 354 g/mol. The summed E-state index contributed by atoms with van der Waals surface area (Å²) in [5, 5.41) is 14.1. The summed E-state index contributed by atoms with van der Waals surface area (Å²) in [5.41, 5.74) is 6.29. The zero-order valence-corrected chi connectivity index (χ0v) is 14.9. The van der Waals surface area contributed by atoms with Crippen molar-refractivity contribution in [2.24, 2.45) is 5.73 Å². The first-order valence-electron chi connectivity index (χ1n) is 8.49. The van der Waals surface area contributed by atoms with Crippen molar-refractivity contribution in [2.75, 3.05) is 11.9 Å². The first-order chi connectivity index (χ1) is 13.6. The number of nitrogens with one attached hydrogen (secondary N) is 1. The lowest BCUT2D eigenvalue weighted by atomic mass is 10.1. The second-order valence-electron chi connectivity index (χ2n) is 5.97. The summed E-state index contributed by atoms with van der Waals surface area (Å²) in [7, 11) is 0. The monoisotopic (exact) mass is 371 g/mol. The normalized spacial score (nSPS) is 10.9. The van der Waals surface area contributed by atoms with Crippen LogP contribution in [0.15, 0.2) is 72.3 Å². The van der Waals surface area contributed by atoms with E-state index < -0.39 is 11.8 Å². The quantitative estimate of drug-likeness (QED) is 0.512. The van der Waals surface area contributed by atoms with Gasteiger partial charge in [0.1, 0.15) is 17.4 Å². The molecule has 6 heteroatoms. The fourth-order valence-corrected chi connectivity index (χ4v) is 2.65. The number of rotatable bonds is 6. The molecule has 0 spiro atoms. The van der Waals surface area contributed by atoms with Gasteiger partial charge in [0.05, 0.1) is 0 Å². The van der Waals surface area contributed by atoms with E-state index in [0.717, 1.165) is 10.8 Å². The molecule has 0 bridgehead atoms. The summed E-state index contributed by atoms with van der Waals surface area (Å²) in [4.78, 5) is 23.3. The van der Waals surface area contributed by atoms with Gasteiger partial charge in [-0.3, -0.25) is 9.59 Å². The number of nitrogens with two attached hydrogens (primary N) is 1. The number of ether oxygens (including phenoxy) is 1. The number of nitrogens with zero attached hydrogens (tertiary/aromatic N) is 1. The van der Waals surface area contributed by atoms with E-state index in [4.69, 9.17) is 10.5 Å². The number of anilines is 1. The lowest BCUT2D eigenvalue weighted by Crippen LogP contribution is -2.19. The summed E-state index contributed by atoms with van der Waals surface area (Å²) < 4.78 is 5.18. The molecule has 0 heterocycles. The number of nitriles is 1. The molecule has 0 radical (unpaired) electrons. The summed E-state index contributed by atoms with van der Waals surface area (Å²) >= 11 is 0. The molecule has 0 fully saturated rings. The minimum absolute atomic E-state index is 0.0289. The van der Waals surface area contributed by atoms with Gasteiger partial charge in [-0.15, -0.1) is 0 Å². The largest absolute Gasteiger partial charge is 0.484 e. The second-order valence-corrected chi connectivity index (χ2v) is 5.97. The van der Waals surface area contributed by atoms with Gasteiger partial charge < -0.3 is 15.8 Å². The van der Waals surface area contributed by atoms with Crippen molar-refractivity contribution < 1.29 is 14.3 Å². The van der Waals surface area contributed by atoms with Crippen molar-refractivity contribution in [2.45, 2.75) is 0 Å². The molecule has 0 aromatic heterocycles. The van der Waals surface area contributed by atoms with Gasteiger partial charge in [-0.25, -0.2) is 0 Å². The Kier molecular flexibility index (Phi) is 5.68. The fraction of sp³-hybridized carbons (Fsp3) is 0.0455. The average Bonchev–Trinajstić information content (AvgIpc) is 2.71. The third kappa shape index (κ3) is 4.54. The van der Waals surface area contributed by atoms with Crippen molar-refractivity contribution in [1.29, 1.82) is 5.26 Å². The smallest absolute Gasteiger partial charge is 0.266 e. The molecular formula is C22H17N3O3. The van der Waals surface area contributed by atoms with Crippen LogP contribution in [0.5, 0.6) is 5.75 Å². The van der Waals surface area contributed by atoms with Crippen LogP contribution in [0.25, 0.3) is 16.8 Å². The highest BCUT2D eigenvalue weighted by atomic mass is 16.5. The summed E-state index contributed by atoms with van der Waals surface area (Å²) in [6, 6.07) is 21.8. The number of carbonyl (C=O) groups excluding carboxylic acids is 2. The molecule has 0 atom stereocenters. The molecule has 3 rings (SSSR count). The van der Waals surface area contributed by atoms with E-state index in [1.807, 2.05) is 42.5 Å². The van der Waals surface area contributed by atoms with Gasteiger partial charge in [-0.1, -0.05) is 48.5 Å². The molecule has 0 saturated carbocycles. The van der Waals surface area contributed by atoms with Crippen LogP contribution < -0.4 is 15.8 Å². The molecule has 3 N–H and O–H groups in total. The molecule has 0 aliphatic heterocycles. The average molecular weight is 371 g/mol. The molecule has 0 aliphatic rings. The second kappa shape index (κ2) is 8.52. The van der Waals surface area contributed by atoms with Crippen molar-refractivity contribution in [1.82, 2.24) is 0 Å².